The Balaban J connectivity index is 2.48. The Labute approximate surface area is 128 Å². The molecule has 4 nitrogen and oxygen atoms in total. The fourth-order valence-corrected chi connectivity index (χ4v) is 3.49. The van der Waals surface area contributed by atoms with Crippen LogP contribution in [0.2, 0.25) is 0 Å². The normalized spacial score (nSPS) is 20.6. The summed E-state index contributed by atoms with van der Waals surface area (Å²) < 4.78 is 5.36. The van der Waals surface area contributed by atoms with Crippen LogP contribution in [0.4, 0.5) is 0 Å². The third-order valence-corrected chi connectivity index (χ3v) is 4.92. The molecule has 118 valence electrons. The van der Waals surface area contributed by atoms with Crippen LogP contribution in [0.15, 0.2) is 4.99 Å². The largest absolute Gasteiger partial charge is 0.382 e. The molecule has 0 aromatic rings. The summed E-state index contributed by atoms with van der Waals surface area (Å²) in [6, 6.07) is 0. The molecular formula is C15H31N3OS. The van der Waals surface area contributed by atoms with E-state index < -0.39 is 0 Å². The number of guanidine groups is 1. The Morgan fingerprint density at radius 2 is 2.25 bits per heavy atom. The molecule has 1 rings (SSSR count). The highest BCUT2D eigenvalue weighted by atomic mass is 32.2. The molecule has 0 amide bonds. The standard InChI is InChI=1S/C15H31N3OS/c1-5-16-15(17-8-7-10-19-6-2)18-9-11-20-14(12-18)13(3)4/h13-14H,5-12H2,1-4H3,(H,16,17). The average Bonchev–Trinajstić information content (AvgIpc) is 2.46. The maximum atomic E-state index is 5.36. The molecule has 1 N–H and O–H groups in total. The molecule has 1 fully saturated rings. The monoisotopic (exact) mass is 301 g/mol. The molecule has 0 aromatic heterocycles. The van der Waals surface area contributed by atoms with Crippen molar-refractivity contribution in [1.29, 1.82) is 0 Å². The summed E-state index contributed by atoms with van der Waals surface area (Å²) >= 11 is 2.10. The number of hydrogen-bond donors (Lipinski definition) is 1. The van der Waals surface area contributed by atoms with Gasteiger partial charge in [-0.05, 0) is 26.2 Å². The van der Waals surface area contributed by atoms with Gasteiger partial charge in [-0.3, -0.25) is 4.99 Å². The zero-order chi connectivity index (χ0) is 14.8. The summed E-state index contributed by atoms with van der Waals surface area (Å²) in [5.41, 5.74) is 0. The summed E-state index contributed by atoms with van der Waals surface area (Å²) in [6.45, 7) is 14.4. The molecule has 0 aliphatic carbocycles. The van der Waals surface area contributed by atoms with Gasteiger partial charge in [0.1, 0.15) is 0 Å². The van der Waals surface area contributed by atoms with Crippen LogP contribution in [0, 0.1) is 5.92 Å². The zero-order valence-corrected chi connectivity index (χ0v) is 14.3. The van der Waals surface area contributed by atoms with E-state index >= 15 is 0 Å². The Kier molecular flexibility index (Phi) is 9.10. The van der Waals surface area contributed by atoms with Crippen molar-refractivity contribution in [2.45, 2.75) is 39.4 Å². The van der Waals surface area contributed by atoms with Crippen molar-refractivity contribution >= 4 is 17.7 Å². The van der Waals surface area contributed by atoms with Crippen LogP contribution < -0.4 is 5.32 Å². The molecule has 1 saturated heterocycles. The Morgan fingerprint density at radius 3 is 2.90 bits per heavy atom. The van der Waals surface area contributed by atoms with E-state index in [1.807, 2.05) is 6.92 Å². The molecule has 1 aliphatic heterocycles. The molecule has 20 heavy (non-hydrogen) atoms. The minimum absolute atomic E-state index is 0.719. The van der Waals surface area contributed by atoms with E-state index in [0.29, 0.717) is 0 Å². The first-order valence-electron chi connectivity index (χ1n) is 7.91. The van der Waals surface area contributed by atoms with Gasteiger partial charge in [-0.15, -0.1) is 0 Å². The summed E-state index contributed by atoms with van der Waals surface area (Å²) in [4.78, 5) is 7.17. The van der Waals surface area contributed by atoms with Gasteiger partial charge in [-0.1, -0.05) is 13.8 Å². The fourth-order valence-electron chi connectivity index (χ4n) is 2.19. The third kappa shape index (κ3) is 6.35. The van der Waals surface area contributed by atoms with Gasteiger partial charge >= 0.3 is 0 Å². The first-order valence-corrected chi connectivity index (χ1v) is 8.96. The highest BCUT2D eigenvalue weighted by Crippen LogP contribution is 2.24. The number of aliphatic imine (C=N–C) groups is 1. The van der Waals surface area contributed by atoms with Gasteiger partial charge < -0.3 is 15.0 Å². The molecule has 1 heterocycles. The van der Waals surface area contributed by atoms with E-state index in [1.54, 1.807) is 0 Å². The summed E-state index contributed by atoms with van der Waals surface area (Å²) in [5, 5.41) is 4.15. The lowest BCUT2D eigenvalue weighted by molar-refractivity contribution is 0.146. The van der Waals surface area contributed by atoms with E-state index in [1.165, 1.54) is 5.75 Å². The smallest absolute Gasteiger partial charge is 0.193 e. The molecular weight excluding hydrogens is 270 g/mol. The minimum atomic E-state index is 0.719. The van der Waals surface area contributed by atoms with Crippen LogP contribution in [0.3, 0.4) is 0 Å². The maximum Gasteiger partial charge on any atom is 0.193 e. The predicted octanol–water partition coefficient (Wildman–Crippen LogP) is 2.45. The van der Waals surface area contributed by atoms with Gasteiger partial charge in [0.15, 0.2) is 5.96 Å². The first kappa shape index (κ1) is 17.6. The number of nitrogens with one attached hydrogen (secondary N) is 1. The maximum absolute atomic E-state index is 5.36. The van der Waals surface area contributed by atoms with Gasteiger partial charge in [0.25, 0.3) is 0 Å². The topological polar surface area (TPSA) is 36.9 Å². The van der Waals surface area contributed by atoms with Crippen LogP contribution in [0.5, 0.6) is 0 Å². The summed E-state index contributed by atoms with van der Waals surface area (Å²) in [6.07, 6.45) is 0.999. The second kappa shape index (κ2) is 10.3. The molecule has 0 spiro atoms. The van der Waals surface area contributed by atoms with E-state index in [0.717, 1.165) is 62.9 Å². The first-order chi connectivity index (χ1) is 9.69. The zero-order valence-electron chi connectivity index (χ0n) is 13.5. The molecule has 0 saturated carbocycles. The lowest BCUT2D eigenvalue weighted by Gasteiger charge is -2.36. The van der Waals surface area contributed by atoms with Crippen LogP contribution in [-0.2, 0) is 4.74 Å². The third-order valence-electron chi connectivity index (χ3n) is 3.38. The molecule has 1 atom stereocenters. The van der Waals surface area contributed by atoms with Crippen LogP contribution in [-0.4, -0.2) is 61.3 Å². The van der Waals surface area contributed by atoms with Gasteiger partial charge in [0.05, 0.1) is 0 Å². The predicted molar refractivity (Wildman–Crippen MR) is 89.7 cm³/mol. The van der Waals surface area contributed by atoms with Crippen LogP contribution in [0.1, 0.15) is 34.1 Å². The van der Waals surface area contributed by atoms with E-state index in [9.17, 15) is 0 Å². The quantitative estimate of drug-likeness (QED) is 0.445. The van der Waals surface area contributed by atoms with E-state index in [-0.39, 0.29) is 0 Å². The van der Waals surface area contributed by atoms with Crippen molar-refractivity contribution in [1.82, 2.24) is 10.2 Å². The van der Waals surface area contributed by atoms with Gasteiger partial charge in [-0.25, -0.2) is 0 Å². The lowest BCUT2D eigenvalue weighted by Crippen LogP contribution is -2.49. The Bertz CT molecular complexity index is 284. The van der Waals surface area contributed by atoms with Crippen LogP contribution >= 0.6 is 11.8 Å². The van der Waals surface area contributed by atoms with Crippen molar-refractivity contribution in [2.75, 3.05) is 45.1 Å². The number of ether oxygens (including phenoxy) is 1. The molecule has 5 heteroatoms. The van der Waals surface area contributed by atoms with Crippen LogP contribution in [0.25, 0.3) is 0 Å². The molecule has 1 unspecified atom stereocenters. The van der Waals surface area contributed by atoms with Crippen molar-refractivity contribution < 1.29 is 4.74 Å². The van der Waals surface area contributed by atoms with Crippen molar-refractivity contribution in [3.05, 3.63) is 0 Å². The van der Waals surface area contributed by atoms with Crippen molar-refractivity contribution in [3.8, 4) is 0 Å². The second-order valence-corrected chi connectivity index (χ2v) is 6.73. The van der Waals surface area contributed by atoms with Gasteiger partial charge in [0.2, 0.25) is 0 Å². The van der Waals surface area contributed by atoms with Crippen molar-refractivity contribution in [3.63, 3.8) is 0 Å². The average molecular weight is 302 g/mol. The number of nitrogens with zero attached hydrogens (tertiary/aromatic N) is 2. The van der Waals surface area contributed by atoms with E-state index in [4.69, 9.17) is 9.73 Å². The van der Waals surface area contributed by atoms with Gasteiger partial charge in [0, 0.05) is 50.4 Å². The Hall–Kier alpha value is -0.420. The second-order valence-electron chi connectivity index (χ2n) is 5.39. The number of thioether (sulfide) groups is 1. The van der Waals surface area contributed by atoms with Gasteiger partial charge in [-0.2, -0.15) is 11.8 Å². The highest BCUT2D eigenvalue weighted by Gasteiger charge is 2.24. The van der Waals surface area contributed by atoms with E-state index in [2.05, 4.69) is 42.7 Å². The number of rotatable bonds is 7. The summed E-state index contributed by atoms with van der Waals surface area (Å²) in [5.74, 6) is 3.00. The van der Waals surface area contributed by atoms with Crippen molar-refractivity contribution in [2.24, 2.45) is 10.9 Å². The molecule has 1 aliphatic rings. The molecule has 0 bridgehead atoms. The lowest BCUT2D eigenvalue weighted by atomic mass is 10.1. The fraction of sp³-hybridized carbons (Fsp3) is 0.933. The molecule has 0 aromatic carbocycles. The molecule has 0 radical (unpaired) electrons. The number of hydrogen-bond acceptors (Lipinski definition) is 3. The highest BCUT2D eigenvalue weighted by molar-refractivity contribution is 8.00. The minimum Gasteiger partial charge on any atom is -0.382 e. The summed E-state index contributed by atoms with van der Waals surface area (Å²) in [7, 11) is 0. The SMILES string of the molecule is CCNC(=NCCCOCC)N1CCSC(C(C)C)C1. The Morgan fingerprint density at radius 1 is 1.45 bits per heavy atom.